The van der Waals surface area contributed by atoms with Gasteiger partial charge in [-0.15, -0.1) is 0 Å². The molecule has 1 aliphatic carbocycles. The topological polar surface area (TPSA) is 46.2 Å². The zero-order valence-corrected chi connectivity index (χ0v) is 9.02. The standard InChI is InChI=1S/C13H19NO/c14-10-13(15,9-8-11-6-7-11)12-4-2-1-3-5-12/h1-5,11,15H,6-10,14H2. The van der Waals surface area contributed by atoms with Crippen molar-refractivity contribution in [3.8, 4) is 0 Å². The predicted octanol–water partition coefficient (Wildman–Crippen LogP) is 2.02. The zero-order chi connectivity index (χ0) is 10.7. The fourth-order valence-corrected chi connectivity index (χ4v) is 1.96. The van der Waals surface area contributed by atoms with E-state index >= 15 is 0 Å². The van der Waals surface area contributed by atoms with Gasteiger partial charge in [0.25, 0.3) is 0 Å². The summed E-state index contributed by atoms with van der Waals surface area (Å²) in [6.45, 7) is 0.309. The first-order chi connectivity index (χ1) is 7.24. The molecule has 0 heterocycles. The fraction of sp³-hybridized carbons (Fsp3) is 0.538. The quantitative estimate of drug-likeness (QED) is 0.772. The molecule has 1 aromatic rings. The molecule has 0 bridgehead atoms. The van der Waals surface area contributed by atoms with Gasteiger partial charge in [-0.1, -0.05) is 43.2 Å². The highest BCUT2D eigenvalue weighted by Gasteiger charge is 2.30. The molecule has 82 valence electrons. The van der Waals surface area contributed by atoms with E-state index < -0.39 is 5.60 Å². The first-order valence-electron chi connectivity index (χ1n) is 5.72. The van der Waals surface area contributed by atoms with Crippen molar-refractivity contribution < 1.29 is 5.11 Å². The Balaban J connectivity index is 2.05. The first-order valence-corrected chi connectivity index (χ1v) is 5.72. The van der Waals surface area contributed by atoms with Crippen molar-refractivity contribution in [1.82, 2.24) is 0 Å². The maximum absolute atomic E-state index is 10.4. The minimum atomic E-state index is -0.816. The van der Waals surface area contributed by atoms with E-state index in [1.54, 1.807) is 0 Å². The van der Waals surface area contributed by atoms with Crippen molar-refractivity contribution in [2.24, 2.45) is 11.7 Å². The molecular formula is C13H19NO. The van der Waals surface area contributed by atoms with E-state index in [0.29, 0.717) is 6.54 Å². The number of hydrogen-bond acceptors (Lipinski definition) is 2. The summed E-state index contributed by atoms with van der Waals surface area (Å²) in [5.74, 6) is 0.840. The number of nitrogens with two attached hydrogens (primary N) is 1. The van der Waals surface area contributed by atoms with Crippen molar-refractivity contribution in [2.45, 2.75) is 31.3 Å². The molecule has 1 atom stereocenters. The molecule has 0 aliphatic heterocycles. The van der Waals surface area contributed by atoms with Crippen LogP contribution in [-0.2, 0) is 5.60 Å². The van der Waals surface area contributed by atoms with Crippen LogP contribution in [0.5, 0.6) is 0 Å². The van der Waals surface area contributed by atoms with Crippen LogP contribution in [0.1, 0.15) is 31.2 Å². The predicted molar refractivity (Wildman–Crippen MR) is 61.4 cm³/mol. The number of benzene rings is 1. The smallest absolute Gasteiger partial charge is 0.102 e. The van der Waals surface area contributed by atoms with E-state index in [4.69, 9.17) is 5.73 Å². The second-order valence-corrected chi connectivity index (χ2v) is 4.58. The molecule has 0 saturated heterocycles. The van der Waals surface area contributed by atoms with E-state index in [-0.39, 0.29) is 0 Å². The molecule has 1 saturated carbocycles. The molecule has 0 aromatic heterocycles. The summed E-state index contributed by atoms with van der Waals surface area (Å²) in [6.07, 6.45) is 4.55. The Hall–Kier alpha value is -0.860. The molecule has 2 nitrogen and oxygen atoms in total. The third-order valence-electron chi connectivity index (χ3n) is 3.31. The minimum absolute atomic E-state index is 0.309. The molecule has 2 rings (SSSR count). The average Bonchev–Trinajstić information content (AvgIpc) is 3.11. The summed E-state index contributed by atoms with van der Waals surface area (Å²) < 4.78 is 0. The van der Waals surface area contributed by atoms with Crippen molar-refractivity contribution >= 4 is 0 Å². The summed E-state index contributed by atoms with van der Waals surface area (Å²) in [5.41, 5.74) is 5.83. The lowest BCUT2D eigenvalue weighted by Gasteiger charge is -2.27. The number of aliphatic hydroxyl groups is 1. The van der Waals surface area contributed by atoms with Crippen LogP contribution in [0.25, 0.3) is 0 Å². The highest BCUT2D eigenvalue weighted by Crippen LogP contribution is 2.37. The third kappa shape index (κ3) is 2.58. The zero-order valence-electron chi connectivity index (χ0n) is 9.02. The van der Waals surface area contributed by atoms with Gasteiger partial charge in [0.05, 0.1) is 0 Å². The second kappa shape index (κ2) is 4.33. The van der Waals surface area contributed by atoms with Crippen LogP contribution in [0.2, 0.25) is 0 Å². The Morgan fingerprint density at radius 1 is 1.27 bits per heavy atom. The van der Waals surface area contributed by atoms with E-state index in [0.717, 1.165) is 24.3 Å². The monoisotopic (exact) mass is 205 g/mol. The van der Waals surface area contributed by atoms with Gasteiger partial charge in [0.15, 0.2) is 0 Å². The lowest BCUT2D eigenvalue weighted by molar-refractivity contribution is 0.0331. The molecule has 0 radical (unpaired) electrons. The molecule has 1 aliphatic rings. The van der Waals surface area contributed by atoms with Crippen LogP contribution >= 0.6 is 0 Å². The van der Waals surface area contributed by atoms with Crippen molar-refractivity contribution in [3.63, 3.8) is 0 Å². The minimum Gasteiger partial charge on any atom is -0.384 e. The summed E-state index contributed by atoms with van der Waals surface area (Å²) in [6, 6.07) is 9.78. The van der Waals surface area contributed by atoms with Gasteiger partial charge in [0, 0.05) is 6.54 Å². The van der Waals surface area contributed by atoms with Gasteiger partial charge in [-0.05, 0) is 24.3 Å². The van der Waals surface area contributed by atoms with E-state index in [1.807, 2.05) is 30.3 Å². The lowest BCUT2D eigenvalue weighted by atomic mass is 9.88. The normalized spacial score (nSPS) is 19.9. The maximum Gasteiger partial charge on any atom is 0.102 e. The highest BCUT2D eigenvalue weighted by atomic mass is 16.3. The Labute approximate surface area is 91.1 Å². The molecule has 1 unspecified atom stereocenters. The molecule has 1 aromatic carbocycles. The SMILES string of the molecule is NCC(O)(CCC1CC1)c1ccccc1. The van der Waals surface area contributed by atoms with Gasteiger partial charge in [-0.3, -0.25) is 0 Å². The molecule has 0 amide bonds. The van der Waals surface area contributed by atoms with Crippen LogP contribution < -0.4 is 5.73 Å². The molecule has 2 heteroatoms. The number of rotatable bonds is 5. The van der Waals surface area contributed by atoms with Crippen LogP contribution in [0, 0.1) is 5.92 Å². The van der Waals surface area contributed by atoms with Gasteiger partial charge in [-0.25, -0.2) is 0 Å². The molecule has 15 heavy (non-hydrogen) atoms. The summed E-state index contributed by atoms with van der Waals surface area (Å²) in [5, 5.41) is 10.4. The van der Waals surface area contributed by atoms with Gasteiger partial charge in [-0.2, -0.15) is 0 Å². The van der Waals surface area contributed by atoms with Crippen LogP contribution in [-0.4, -0.2) is 11.7 Å². The molecule has 3 N–H and O–H groups in total. The van der Waals surface area contributed by atoms with E-state index in [2.05, 4.69) is 0 Å². The Morgan fingerprint density at radius 3 is 2.47 bits per heavy atom. The van der Waals surface area contributed by atoms with Crippen molar-refractivity contribution in [2.75, 3.05) is 6.54 Å². The summed E-state index contributed by atoms with van der Waals surface area (Å²) in [7, 11) is 0. The van der Waals surface area contributed by atoms with Gasteiger partial charge in [0.1, 0.15) is 5.60 Å². The Kier molecular flexibility index (Phi) is 3.08. The van der Waals surface area contributed by atoms with Crippen molar-refractivity contribution in [3.05, 3.63) is 35.9 Å². The third-order valence-corrected chi connectivity index (χ3v) is 3.31. The van der Waals surface area contributed by atoms with Gasteiger partial charge < -0.3 is 10.8 Å². The van der Waals surface area contributed by atoms with Crippen LogP contribution in [0.4, 0.5) is 0 Å². The van der Waals surface area contributed by atoms with Gasteiger partial charge in [0.2, 0.25) is 0 Å². The van der Waals surface area contributed by atoms with Crippen LogP contribution in [0.15, 0.2) is 30.3 Å². The van der Waals surface area contributed by atoms with Crippen LogP contribution in [0.3, 0.4) is 0 Å². The largest absolute Gasteiger partial charge is 0.384 e. The summed E-state index contributed by atoms with van der Waals surface area (Å²) >= 11 is 0. The Bertz CT molecular complexity index is 308. The maximum atomic E-state index is 10.4. The highest BCUT2D eigenvalue weighted by molar-refractivity contribution is 5.22. The lowest BCUT2D eigenvalue weighted by Crippen LogP contribution is -2.34. The molecular weight excluding hydrogens is 186 g/mol. The summed E-state index contributed by atoms with van der Waals surface area (Å²) in [4.78, 5) is 0. The van der Waals surface area contributed by atoms with Gasteiger partial charge >= 0.3 is 0 Å². The first kappa shape index (κ1) is 10.7. The molecule has 1 fully saturated rings. The molecule has 0 spiro atoms. The van der Waals surface area contributed by atoms with E-state index in [9.17, 15) is 5.11 Å². The number of hydrogen-bond donors (Lipinski definition) is 2. The Morgan fingerprint density at radius 2 is 1.93 bits per heavy atom. The average molecular weight is 205 g/mol. The fourth-order valence-electron chi connectivity index (χ4n) is 1.96. The van der Waals surface area contributed by atoms with E-state index in [1.165, 1.54) is 12.8 Å². The second-order valence-electron chi connectivity index (χ2n) is 4.58. The van der Waals surface area contributed by atoms with Crippen molar-refractivity contribution in [1.29, 1.82) is 0 Å².